The molecule has 2 N–H and O–H groups in total. The number of fused-ring (bicyclic) bond motifs is 1. The smallest absolute Gasteiger partial charge is 0.220 e. The van der Waals surface area contributed by atoms with E-state index in [4.69, 9.17) is 9.15 Å². The van der Waals surface area contributed by atoms with Gasteiger partial charge in [0.05, 0.1) is 30.3 Å². The molecule has 2 aromatic heterocycles. The topological polar surface area (TPSA) is 83.4 Å². The standard InChI is InChI=1S/C21H26N4O3/c1-15-6-7-19(28-15)18(25-10-12-27-13-11-25)14-22-21(26)9-8-20-23-16-4-2-3-5-17(16)24-20/h2-7,18H,8-14H2,1H3,(H,22,26)(H,23,24). The number of aromatic amines is 1. The fourth-order valence-corrected chi connectivity index (χ4v) is 3.59. The third-order valence-corrected chi connectivity index (χ3v) is 5.10. The molecule has 0 saturated carbocycles. The van der Waals surface area contributed by atoms with Gasteiger partial charge >= 0.3 is 0 Å². The second-order valence-corrected chi connectivity index (χ2v) is 7.12. The van der Waals surface area contributed by atoms with Crippen molar-refractivity contribution in [3.05, 3.63) is 53.7 Å². The van der Waals surface area contributed by atoms with Crippen LogP contribution in [-0.4, -0.2) is 53.6 Å². The van der Waals surface area contributed by atoms with Crippen molar-refractivity contribution in [2.24, 2.45) is 0 Å². The second kappa shape index (κ2) is 8.58. The molecule has 7 heteroatoms. The van der Waals surface area contributed by atoms with E-state index in [2.05, 4.69) is 20.2 Å². The Balaban J connectivity index is 1.34. The van der Waals surface area contributed by atoms with Gasteiger partial charge in [-0.25, -0.2) is 4.98 Å². The minimum Gasteiger partial charge on any atom is -0.465 e. The number of furan rings is 1. The molecule has 0 bridgehead atoms. The van der Waals surface area contributed by atoms with Crippen LogP contribution in [0.25, 0.3) is 11.0 Å². The number of aryl methyl sites for hydroxylation is 2. The Morgan fingerprint density at radius 2 is 2.07 bits per heavy atom. The SMILES string of the molecule is Cc1ccc(C(CNC(=O)CCc2nc3ccccc3[nH]2)N2CCOCC2)o1. The molecule has 1 aromatic carbocycles. The van der Waals surface area contributed by atoms with Gasteiger partial charge in [-0.3, -0.25) is 9.69 Å². The molecular formula is C21H26N4O3. The number of benzene rings is 1. The maximum absolute atomic E-state index is 12.4. The van der Waals surface area contributed by atoms with Gasteiger partial charge in [0.1, 0.15) is 17.3 Å². The molecular weight excluding hydrogens is 356 g/mol. The van der Waals surface area contributed by atoms with Crippen molar-refractivity contribution in [1.82, 2.24) is 20.2 Å². The first-order chi connectivity index (χ1) is 13.7. The van der Waals surface area contributed by atoms with Crippen molar-refractivity contribution in [2.75, 3.05) is 32.8 Å². The predicted molar refractivity (Wildman–Crippen MR) is 106 cm³/mol. The molecule has 28 heavy (non-hydrogen) atoms. The summed E-state index contributed by atoms with van der Waals surface area (Å²) in [5, 5.41) is 3.07. The van der Waals surface area contributed by atoms with Crippen LogP contribution in [0.5, 0.6) is 0 Å². The Morgan fingerprint density at radius 1 is 1.25 bits per heavy atom. The molecule has 3 heterocycles. The summed E-state index contributed by atoms with van der Waals surface area (Å²) in [6.45, 7) is 5.53. The number of para-hydroxylation sites is 2. The molecule has 7 nitrogen and oxygen atoms in total. The van der Waals surface area contributed by atoms with Gasteiger partial charge in [-0.15, -0.1) is 0 Å². The van der Waals surface area contributed by atoms with Crippen LogP contribution < -0.4 is 5.32 Å². The van der Waals surface area contributed by atoms with Crippen LogP contribution in [0.1, 0.15) is 29.8 Å². The van der Waals surface area contributed by atoms with E-state index in [0.717, 1.165) is 41.5 Å². The first-order valence-corrected chi connectivity index (χ1v) is 9.77. The predicted octanol–water partition coefficient (Wildman–Crippen LogP) is 2.59. The molecule has 1 amide bonds. The number of ether oxygens (including phenoxy) is 1. The molecule has 1 saturated heterocycles. The van der Waals surface area contributed by atoms with E-state index in [-0.39, 0.29) is 11.9 Å². The van der Waals surface area contributed by atoms with Crippen LogP contribution in [0.3, 0.4) is 0 Å². The van der Waals surface area contributed by atoms with Crippen LogP contribution in [-0.2, 0) is 16.0 Å². The normalized spacial score (nSPS) is 16.3. The first kappa shape index (κ1) is 18.7. The number of imidazole rings is 1. The van der Waals surface area contributed by atoms with Crippen molar-refractivity contribution < 1.29 is 13.9 Å². The highest BCUT2D eigenvalue weighted by molar-refractivity contribution is 5.77. The molecule has 0 aliphatic carbocycles. The van der Waals surface area contributed by atoms with Gasteiger partial charge in [-0.05, 0) is 31.2 Å². The second-order valence-electron chi connectivity index (χ2n) is 7.12. The number of nitrogens with one attached hydrogen (secondary N) is 2. The molecule has 0 radical (unpaired) electrons. The van der Waals surface area contributed by atoms with Crippen molar-refractivity contribution >= 4 is 16.9 Å². The van der Waals surface area contributed by atoms with Gasteiger partial charge in [0.15, 0.2) is 0 Å². The third kappa shape index (κ3) is 4.43. The van der Waals surface area contributed by atoms with Crippen molar-refractivity contribution in [3.63, 3.8) is 0 Å². The van der Waals surface area contributed by atoms with Crippen molar-refractivity contribution in [3.8, 4) is 0 Å². The number of rotatable bonds is 7. The quantitative estimate of drug-likeness (QED) is 0.656. The highest BCUT2D eigenvalue weighted by Gasteiger charge is 2.25. The summed E-state index contributed by atoms with van der Waals surface area (Å²) in [6.07, 6.45) is 0.982. The van der Waals surface area contributed by atoms with E-state index in [1.54, 1.807) is 0 Å². The summed E-state index contributed by atoms with van der Waals surface area (Å²) in [5.74, 6) is 2.62. The number of morpholine rings is 1. The van der Waals surface area contributed by atoms with E-state index in [1.807, 2.05) is 43.3 Å². The minimum atomic E-state index is 0.0157. The average molecular weight is 382 g/mol. The molecule has 0 spiro atoms. The van der Waals surface area contributed by atoms with Crippen LogP contribution in [0, 0.1) is 6.92 Å². The average Bonchev–Trinajstić information content (AvgIpc) is 3.33. The minimum absolute atomic E-state index is 0.0157. The number of amides is 1. The number of carbonyl (C=O) groups is 1. The Bertz CT molecular complexity index is 894. The van der Waals surface area contributed by atoms with Gasteiger partial charge in [0, 0.05) is 32.5 Å². The zero-order valence-corrected chi connectivity index (χ0v) is 16.1. The summed E-state index contributed by atoms with van der Waals surface area (Å²) in [4.78, 5) is 22.5. The molecule has 4 rings (SSSR count). The Kier molecular flexibility index (Phi) is 5.73. The Labute approximate surface area is 164 Å². The third-order valence-electron chi connectivity index (χ3n) is 5.10. The number of carbonyl (C=O) groups excluding carboxylic acids is 1. The Morgan fingerprint density at radius 3 is 2.82 bits per heavy atom. The van der Waals surface area contributed by atoms with Crippen LogP contribution in [0.2, 0.25) is 0 Å². The maximum atomic E-state index is 12.4. The van der Waals surface area contributed by atoms with Gasteiger partial charge in [0.25, 0.3) is 0 Å². The lowest BCUT2D eigenvalue weighted by molar-refractivity contribution is -0.121. The van der Waals surface area contributed by atoms with Crippen LogP contribution in [0.4, 0.5) is 0 Å². The first-order valence-electron chi connectivity index (χ1n) is 9.77. The van der Waals surface area contributed by atoms with Crippen molar-refractivity contribution in [2.45, 2.75) is 25.8 Å². The molecule has 1 unspecified atom stereocenters. The molecule has 1 aliphatic heterocycles. The summed E-state index contributed by atoms with van der Waals surface area (Å²) in [7, 11) is 0. The maximum Gasteiger partial charge on any atom is 0.220 e. The zero-order valence-electron chi connectivity index (χ0n) is 16.1. The largest absolute Gasteiger partial charge is 0.465 e. The van der Waals surface area contributed by atoms with Crippen LogP contribution >= 0.6 is 0 Å². The summed E-state index contributed by atoms with van der Waals surface area (Å²) >= 11 is 0. The summed E-state index contributed by atoms with van der Waals surface area (Å²) < 4.78 is 11.3. The fraction of sp³-hybridized carbons (Fsp3) is 0.429. The number of hydrogen-bond donors (Lipinski definition) is 2. The highest BCUT2D eigenvalue weighted by atomic mass is 16.5. The lowest BCUT2D eigenvalue weighted by atomic mass is 10.1. The van der Waals surface area contributed by atoms with Gasteiger partial charge < -0.3 is 19.5 Å². The zero-order chi connectivity index (χ0) is 19.3. The van der Waals surface area contributed by atoms with Crippen LogP contribution in [0.15, 0.2) is 40.8 Å². The molecule has 3 aromatic rings. The van der Waals surface area contributed by atoms with Gasteiger partial charge in [-0.2, -0.15) is 0 Å². The van der Waals surface area contributed by atoms with Gasteiger partial charge in [0.2, 0.25) is 5.91 Å². The number of aromatic nitrogens is 2. The number of nitrogens with zero attached hydrogens (tertiary/aromatic N) is 2. The summed E-state index contributed by atoms with van der Waals surface area (Å²) in [6, 6.07) is 11.9. The fourth-order valence-electron chi connectivity index (χ4n) is 3.59. The van der Waals surface area contributed by atoms with E-state index >= 15 is 0 Å². The lowest BCUT2D eigenvalue weighted by Gasteiger charge is -2.33. The lowest BCUT2D eigenvalue weighted by Crippen LogP contribution is -2.43. The van der Waals surface area contributed by atoms with Crippen molar-refractivity contribution in [1.29, 1.82) is 0 Å². The Hall–Kier alpha value is -2.64. The molecule has 1 atom stereocenters. The van der Waals surface area contributed by atoms with E-state index in [0.29, 0.717) is 32.6 Å². The van der Waals surface area contributed by atoms with E-state index in [9.17, 15) is 4.79 Å². The monoisotopic (exact) mass is 382 g/mol. The molecule has 1 fully saturated rings. The number of hydrogen-bond acceptors (Lipinski definition) is 5. The highest BCUT2D eigenvalue weighted by Crippen LogP contribution is 2.23. The summed E-state index contributed by atoms with van der Waals surface area (Å²) in [5.41, 5.74) is 1.93. The number of H-pyrrole nitrogens is 1. The van der Waals surface area contributed by atoms with E-state index < -0.39 is 0 Å². The molecule has 1 aliphatic rings. The molecule has 148 valence electrons. The van der Waals surface area contributed by atoms with Gasteiger partial charge in [-0.1, -0.05) is 12.1 Å². The van der Waals surface area contributed by atoms with E-state index in [1.165, 1.54) is 0 Å².